The van der Waals surface area contributed by atoms with Crippen molar-refractivity contribution in [1.29, 1.82) is 0 Å². The van der Waals surface area contributed by atoms with E-state index in [4.69, 9.17) is 0 Å². The lowest BCUT2D eigenvalue weighted by Crippen LogP contribution is -2.59. The van der Waals surface area contributed by atoms with Crippen molar-refractivity contribution in [3.05, 3.63) is 0 Å². The van der Waals surface area contributed by atoms with E-state index in [0.717, 1.165) is 0 Å². The predicted molar refractivity (Wildman–Crippen MR) is 58.7 cm³/mol. The number of rotatable bonds is 6. The van der Waals surface area contributed by atoms with E-state index in [0.29, 0.717) is 0 Å². The summed E-state index contributed by atoms with van der Waals surface area (Å²) in [5, 5.41) is -13.9. The van der Waals surface area contributed by atoms with Crippen molar-refractivity contribution in [3.63, 3.8) is 0 Å². The van der Waals surface area contributed by atoms with Gasteiger partial charge in [0.2, 0.25) is 0 Å². The molecule has 0 spiro atoms. The summed E-state index contributed by atoms with van der Waals surface area (Å²) in [6, 6.07) is 0. The summed E-state index contributed by atoms with van der Waals surface area (Å²) in [6.07, 6.45) is -14.3. The molecule has 19 heteroatoms. The first-order valence-electron chi connectivity index (χ1n) is 5.08. The van der Waals surface area contributed by atoms with Crippen molar-refractivity contribution < 1.29 is 69.9 Å². The molecule has 0 rings (SSSR count). The molecule has 0 radical (unpaired) electrons. The second-order valence-corrected chi connectivity index (χ2v) is 7.64. The average molecular weight is 463 g/mol. The highest BCUT2D eigenvalue weighted by Crippen LogP contribution is 2.54. The average Bonchev–Trinajstić information content (AvgIpc) is 2.34. The van der Waals surface area contributed by atoms with Gasteiger partial charge in [-0.1, -0.05) is 5.87 Å². The molecule has 0 aliphatic heterocycles. The second kappa shape index (κ2) is 6.35. The number of nitrogens with one attached hydrogen (secondary N) is 1. The van der Waals surface area contributed by atoms with E-state index >= 15 is 0 Å². The van der Waals surface area contributed by atoms with Crippen LogP contribution in [0.5, 0.6) is 0 Å². The highest BCUT2D eigenvalue weighted by molar-refractivity contribution is 8.20. The van der Waals surface area contributed by atoms with Crippen LogP contribution in [0.15, 0.2) is 0 Å². The van der Waals surface area contributed by atoms with Gasteiger partial charge in [-0.25, -0.2) is 8.42 Å². The van der Waals surface area contributed by atoms with Gasteiger partial charge < -0.3 is 0 Å². The minimum atomic E-state index is -7.57. The third-order valence-corrected chi connectivity index (χ3v) is 5.79. The van der Waals surface area contributed by atoms with Gasteiger partial charge in [0.1, 0.15) is 0 Å². The highest BCUT2D eigenvalue weighted by atomic mass is 32.3. The quantitative estimate of drug-likeness (QED) is 0.477. The largest absolute Gasteiger partial charge is 0.461 e. The summed E-state index contributed by atoms with van der Waals surface area (Å²) < 4.78 is 195. The molecule has 1 unspecified atom stereocenters. The van der Waals surface area contributed by atoms with E-state index in [1.165, 1.54) is 0 Å². The van der Waals surface area contributed by atoms with Crippen molar-refractivity contribution in [2.24, 2.45) is 0 Å². The van der Waals surface area contributed by atoms with Crippen molar-refractivity contribution >= 4 is 26.6 Å². The van der Waals surface area contributed by atoms with Gasteiger partial charge in [-0.15, -0.1) is 0 Å². The van der Waals surface area contributed by atoms with Crippen LogP contribution in [-0.2, 0) is 10.0 Å². The minimum absolute atomic E-state index is 0.478. The Morgan fingerprint density at radius 1 is 0.654 bits per heavy atom. The summed E-state index contributed by atoms with van der Waals surface area (Å²) in [5.74, 6) is -12.8. The predicted octanol–water partition coefficient (Wildman–Crippen LogP) is 4.10. The molecule has 26 heavy (non-hydrogen) atoms. The van der Waals surface area contributed by atoms with Crippen molar-refractivity contribution in [2.75, 3.05) is 0 Å². The summed E-state index contributed by atoms with van der Waals surface area (Å²) in [4.78, 5) is 0. The van der Waals surface area contributed by atoms with Gasteiger partial charge >= 0.3 is 34.7 Å². The highest BCUT2D eigenvalue weighted by Gasteiger charge is 2.80. The van der Waals surface area contributed by atoms with Crippen LogP contribution in [-0.4, -0.2) is 49.0 Å². The van der Waals surface area contributed by atoms with Crippen LogP contribution in [0, 0.1) is 0 Å². The van der Waals surface area contributed by atoms with Crippen LogP contribution < -0.4 is 4.13 Å². The van der Waals surface area contributed by atoms with Gasteiger partial charge in [0.15, 0.2) is 0 Å². The topological polar surface area (TPSA) is 46.2 Å². The molecule has 0 aromatic rings. The molecular formula is C7H3F14NO2S2. The SMILES string of the molecule is C=S(NS(=O)(=O)C(F)(F)C(F)(F)C(F)(F)F)C(F)(F)C(F)(F)C(F)(F)F. The molecule has 0 aliphatic carbocycles. The van der Waals surface area contributed by atoms with Crippen LogP contribution in [0.2, 0.25) is 0 Å². The lowest BCUT2D eigenvalue weighted by molar-refractivity contribution is -0.332. The smallest absolute Gasteiger partial charge is 0.205 e. The zero-order chi connectivity index (χ0) is 21.8. The fourth-order valence-corrected chi connectivity index (χ4v) is 3.67. The van der Waals surface area contributed by atoms with Crippen molar-refractivity contribution in [2.45, 2.75) is 34.7 Å². The van der Waals surface area contributed by atoms with Crippen molar-refractivity contribution in [3.8, 4) is 0 Å². The molecule has 0 aromatic carbocycles. The molecular weight excluding hydrogens is 460 g/mol. The zero-order valence-electron chi connectivity index (χ0n) is 11.1. The summed E-state index contributed by atoms with van der Waals surface area (Å²) in [5.41, 5.74) is 0. The first-order valence-corrected chi connectivity index (χ1v) is 7.96. The van der Waals surface area contributed by atoms with Gasteiger partial charge in [0.25, 0.3) is 10.0 Å². The third kappa shape index (κ3) is 3.73. The fraction of sp³-hybridized carbons (Fsp3) is 0.857. The van der Waals surface area contributed by atoms with Gasteiger partial charge in [0.05, 0.1) is 0 Å². The molecule has 0 fully saturated rings. The Kier molecular flexibility index (Phi) is 6.14. The standard InChI is InChI=1S/C7H3F14NO2S2/c1-25(6(18,19)2(8,9)4(12,13)14)22-26(23,24)7(20,21)3(10,11)5(15,16)17/h22H,1H2. The first-order chi connectivity index (χ1) is 10.9. The van der Waals surface area contributed by atoms with E-state index in [1.807, 2.05) is 0 Å². The van der Waals surface area contributed by atoms with Gasteiger partial charge in [-0.05, 0) is 10.7 Å². The molecule has 3 nitrogen and oxygen atoms in total. The van der Waals surface area contributed by atoms with Gasteiger partial charge in [0, 0.05) is 0 Å². The normalized spacial score (nSPS) is 17.3. The number of halogens is 14. The maximum atomic E-state index is 13.0. The summed E-state index contributed by atoms with van der Waals surface area (Å²) in [7, 11) is -12.3. The number of alkyl halides is 14. The zero-order valence-corrected chi connectivity index (χ0v) is 12.8. The third-order valence-electron chi connectivity index (χ3n) is 2.30. The Balaban J connectivity index is 6.03. The summed E-state index contributed by atoms with van der Waals surface area (Å²) in [6.45, 7) is 0. The van der Waals surface area contributed by atoms with E-state index in [9.17, 15) is 69.9 Å². The number of sulfonamides is 1. The lowest BCUT2D eigenvalue weighted by atomic mass is 10.3. The van der Waals surface area contributed by atoms with Crippen LogP contribution in [0.3, 0.4) is 0 Å². The summed E-state index contributed by atoms with van der Waals surface area (Å²) >= 11 is 0. The van der Waals surface area contributed by atoms with Crippen LogP contribution >= 0.6 is 10.7 Å². The Bertz CT molecular complexity index is 660. The Morgan fingerprint density at radius 2 is 0.962 bits per heavy atom. The molecule has 0 aromatic heterocycles. The molecule has 1 N–H and O–H groups in total. The molecule has 0 heterocycles. The Hall–Kier alpha value is -0.850. The molecule has 0 bridgehead atoms. The molecule has 158 valence electrons. The molecule has 0 aliphatic rings. The second-order valence-electron chi connectivity index (χ2n) is 4.16. The van der Waals surface area contributed by atoms with E-state index < -0.39 is 59.5 Å². The maximum absolute atomic E-state index is 13.0. The Labute approximate surface area is 136 Å². The van der Waals surface area contributed by atoms with E-state index in [-0.39, 0.29) is 0 Å². The fourth-order valence-electron chi connectivity index (χ4n) is 0.891. The number of hydrogen-bond acceptors (Lipinski definition) is 2. The molecule has 1 atom stereocenters. The van der Waals surface area contributed by atoms with Crippen LogP contribution in [0.1, 0.15) is 0 Å². The molecule has 0 saturated heterocycles. The first kappa shape index (κ1) is 25.1. The molecule has 0 saturated carbocycles. The van der Waals surface area contributed by atoms with Crippen LogP contribution in [0.25, 0.3) is 0 Å². The Morgan fingerprint density at radius 3 is 1.23 bits per heavy atom. The van der Waals surface area contributed by atoms with Crippen molar-refractivity contribution in [1.82, 2.24) is 4.13 Å². The van der Waals surface area contributed by atoms with E-state index in [1.54, 1.807) is 5.87 Å². The minimum Gasteiger partial charge on any atom is -0.205 e. The maximum Gasteiger partial charge on any atom is 0.461 e. The van der Waals surface area contributed by atoms with E-state index in [2.05, 4.69) is 0 Å². The van der Waals surface area contributed by atoms with Gasteiger partial charge in [-0.2, -0.15) is 65.6 Å². The lowest BCUT2D eigenvalue weighted by Gasteiger charge is -2.32. The van der Waals surface area contributed by atoms with Gasteiger partial charge in [-0.3, -0.25) is 0 Å². The monoisotopic (exact) mass is 463 g/mol. The molecule has 0 amide bonds. The van der Waals surface area contributed by atoms with Crippen LogP contribution in [0.4, 0.5) is 61.5 Å². The number of hydrogen-bond donors (Lipinski definition) is 1.